The second kappa shape index (κ2) is 7.42. The van der Waals surface area contributed by atoms with Crippen LogP contribution in [-0.2, 0) is 9.84 Å². The molecular weight excluding hydrogens is 371 g/mol. The maximum absolute atomic E-state index is 12.0. The minimum Gasteiger partial charge on any atom is -0.331 e. The Kier molecular flexibility index (Phi) is 5.74. The topological polar surface area (TPSA) is 75.3 Å². The van der Waals surface area contributed by atoms with Gasteiger partial charge in [-0.1, -0.05) is 35.3 Å². The van der Waals surface area contributed by atoms with Crippen LogP contribution in [0.4, 0.5) is 10.5 Å². The molecule has 2 aromatic rings. The molecule has 0 heterocycles. The predicted molar refractivity (Wildman–Crippen MR) is 96.6 cm³/mol. The molecule has 2 rings (SSSR count). The average Bonchev–Trinajstić information content (AvgIpc) is 2.50. The number of carbonyl (C=O) groups is 1. The van der Waals surface area contributed by atoms with Crippen LogP contribution in [0.15, 0.2) is 47.4 Å². The molecule has 0 aliphatic heterocycles. The molecule has 24 heavy (non-hydrogen) atoms. The highest BCUT2D eigenvalue weighted by Crippen LogP contribution is 2.25. The van der Waals surface area contributed by atoms with E-state index >= 15 is 0 Å². The van der Waals surface area contributed by atoms with Crippen LogP contribution in [0.3, 0.4) is 0 Å². The number of hydrogen-bond acceptors (Lipinski definition) is 3. The minimum atomic E-state index is -3.24. The van der Waals surface area contributed by atoms with Crippen LogP contribution in [0.5, 0.6) is 0 Å². The Bertz CT molecular complexity index is 852. The number of halogens is 2. The van der Waals surface area contributed by atoms with Crippen LogP contribution >= 0.6 is 23.2 Å². The molecule has 2 aromatic carbocycles. The number of carbonyl (C=O) groups excluding carboxylic acids is 1. The van der Waals surface area contributed by atoms with Crippen molar-refractivity contribution in [1.82, 2.24) is 5.32 Å². The van der Waals surface area contributed by atoms with Crippen molar-refractivity contribution in [2.75, 3.05) is 11.6 Å². The molecule has 128 valence electrons. The van der Waals surface area contributed by atoms with Crippen LogP contribution in [0.2, 0.25) is 10.0 Å². The fourth-order valence-electron chi connectivity index (χ4n) is 2.02. The third kappa shape index (κ3) is 4.87. The predicted octanol–water partition coefficient (Wildman–Crippen LogP) is 4.28. The molecule has 2 N–H and O–H groups in total. The summed E-state index contributed by atoms with van der Waals surface area (Å²) in [5, 5.41) is 6.17. The van der Waals surface area contributed by atoms with Gasteiger partial charge in [-0.05, 0) is 42.8 Å². The molecule has 0 saturated carbocycles. The van der Waals surface area contributed by atoms with Crippen molar-refractivity contribution in [1.29, 1.82) is 0 Å². The van der Waals surface area contributed by atoms with Crippen LogP contribution in [0, 0.1) is 0 Å². The number of rotatable bonds is 4. The maximum Gasteiger partial charge on any atom is 0.319 e. The lowest BCUT2D eigenvalue weighted by Gasteiger charge is -2.15. The zero-order valence-corrected chi connectivity index (χ0v) is 15.3. The Balaban J connectivity index is 2.01. The first kappa shape index (κ1) is 18.6. The molecule has 0 bridgehead atoms. The van der Waals surface area contributed by atoms with Crippen molar-refractivity contribution in [3.05, 3.63) is 58.1 Å². The van der Waals surface area contributed by atoms with E-state index in [1.807, 2.05) is 0 Å². The first-order valence-electron chi connectivity index (χ1n) is 6.99. The lowest BCUT2D eigenvalue weighted by molar-refractivity contribution is 0.249. The van der Waals surface area contributed by atoms with Gasteiger partial charge in [0.25, 0.3) is 0 Å². The van der Waals surface area contributed by atoms with Gasteiger partial charge in [0, 0.05) is 11.9 Å². The minimum absolute atomic E-state index is 0.235. The molecule has 0 saturated heterocycles. The van der Waals surface area contributed by atoms with Crippen LogP contribution in [0.25, 0.3) is 0 Å². The molecule has 8 heteroatoms. The van der Waals surface area contributed by atoms with E-state index < -0.39 is 15.9 Å². The summed E-state index contributed by atoms with van der Waals surface area (Å²) in [7, 11) is -3.24. The van der Waals surface area contributed by atoms with E-state index in [0.29, 0.717) is 15.7 Å². The molecule has 2 amide bonds. The zero-order chi connectivity index (χ0) is 17.9. The summed E-state index contributed by atoms with van der Waals surface area (Å²) in [4.78, 5) is 12.3. The van der Waals surface area contributed by atoms with E-state index in [9.17, 15) is 13.2 Å². The molecule has 0 radical (unpaired) electrons. The monoisotopic (exact) mass is 386 g/mol. The largest absolute Gasteiger partial charge is 0.331 e. The zero-order valence-electron chi connectivity index (χ0n) is 13.0. The molecule has 0 fully saturated rings. The average molecular weight is 387 g/mol. The summed E-state index contributed by atoms with van der Waals surface area (Å²) in [6.45, 7) is 1.80. The fraction of sp³-hybridized carbons (Fsp3) is 0.188. The molecule has 0 spiro atoms. The highest BCUT2D eigenvalue weighted by atomic mass is 35.5. The van der Waals surface area contributed by atoms with Crippen molar-refractivity contribution in [2.24, 2.45) is 0 Å². The molecule has 1 atom stereocenters. The number of sulfone groups is 1. The number of benzene rings is 2. The Morgan fingerprint density at radius 1 is 1.04 bits per heavy atom. The Hall–Kier alpha value is -1.76. The van der Waals surface area contributed by atoms with Crippen LogP contribution in [0.1, 0.15) is 18.5 Å². The highest BCUT2D eigenvalue weighted by molar-refractivity contribution is 7.90. The SMILES string of the molecule is CC(NC(=O)Nc1ccc(Cl)c(Cl)c1)c1ccc(S(C)(=O)=O)cc1. The molecule has 0 aromatic heterocycles. The van der Waals surface area contributed by atoms with E-state index in [1.165, 1.54) is 12.1 Å². The standard InChI is InChI=1S/C16H16Cl2N2O3S/c1-10(11-3-6-13(7-4-11)24(2,22)23)19-16(21)20-12-5-8-14(17)15(18)9-12/h3-10H,1-2H3,(H2,19,20,21). The quantitative estimate of drug-likeness (QED) is 0.822. The molecule has 0 aliphatic carbocycles. The number of anilines is 1. The van der Waals surface area contributed by atoms with Gasteiger partial charge >= 0.3 is 6.03 Å². The van der Waals surface area contributed by atoms with Crippen molar-refractivity contribution < 1.29 is 13.2 Å². The highest BCUT2D eigenvalue weighted by Gasteiger charge is 2.12. The number of hydrogen-bond donors (Lipinski definition) is 2. The smallest absolute Gasteiger partial charge is 0.319 e. The van der Waals surface area contributed by atoms with Gasteiger partial charge in [-0.25, -0.2) is 13.2 Å². The Morgan fingerprint density at radius 2 is 1.67 bits per heavy atom. The van der Waals surface area contributed by atoms with Crippen molar-refractivity contribution in [3.63, 3.8) is 0 Å². The second-order valence-electron chi connectivity index (χ2n) is 5.29. The van der Waals surface area contributed by atoms with Crippen molar-refractivity contribution in [3.8, 4) is 0 Å². The number of nitrogens with one attached hydrogen (secondary N) is 2. The van der Waals surface area contributed by atoms with Gasteiger partial charge in [0.1, 0.15) is 0 Å². The lowest BCUT2D eigenvalue weighted by atomic mass is 10.1. The summed E-state index contributed by atoms with van der Waals surface area (Å²) in [5.74, 6) is 0. The van der Waals surface area contributed by atoms with Gasteiger partial charge in [-0.2, -0.15) is 0 Å². The summed E-state index contributed by atoms with van der Waals surface area (Å²) in [6.07, 6.45) is 1.15. The Labute approximate surface area is 150 Å². The first-order chi connectivity index (χ1) is 11.2. The summed E-state index contributed by atoms with van der Waals surface area (Å²) in [6, 6.07) is 10.4. The number of amides is 2. The maximum atomic E-state index is 12.0. The first-order valence-corrected chi connectivity index (χ1v) is 9.64. The van der Waals surface area contributed by atoms with Gasteiger partial charge in [0.2, 0.25) is 0 Å². The Morgan fingerprint density at radius 3 is 2.21 bits per heavy atom. The van der Waals surface area contributed by atoms with Crippen molar-refractivity contribution in [2.45, 2.75) is 17.9 Å². The van der Waals surface area contributed by atoms with Gasteiger partial charge in [-0.3, -0.25) is 0 Å². The van der Waals surface area contributed by atoms with Gasteiger partial charge in [0.05, 0.1) is 21.0 Å². The second-order valence-corrected chi connectivity index (χ2v) is 8.12. The fourth-order valence-corrected chi connectivity index (χ4v) is 2.95. The van der Waals surface area contributed by atoms with Crippen LogP contribution in [-0.4, -0.2) is 20.7 Å². The van der Waals surface area contributed by atoms with E-state index in [4.69, 9.17) is 23.2 Å². The molecular formula is C16H16Cl2N2O3S. The number of urea groups is 1. The van der Waals surface area contributed by atoms with E-state index in [0.717, 1.165) is 11.8 Å². The van der Waals surface area contributed by atoms with Crippen LogP contribution < -0.4 is 10.6 Å². The molecule has 1 unspecified atom stereocenters. The van der Waals surface area contributed by atoms with Gasteiger partial charge < -0.3 is 10.6 Å². The van der Waals surface area contributed by atoms with Gasteiger partial charge in [-0.15, -0.1) is 0 Å². The van der Waals surface area contributed by atoms with E-state index in [2.05, 4.69) is 10.6 Å². The van der Waals surface area contributed by atoms with E-state index in [-0.39, 0.29) is 10.9 Å². The molecule has 0 aliphatic rings. The van der Waals surface area contributed by atoms with Gasteiger partial charge in [0.15, 0.2) is 9.84 Å². The van der Waals surface area contributed by atoms with Crippen molar-refractivity contribution >= 4 is 44.8 Å². The third-order valence-electron chi connectivity index (χ3n) is 3.33. The van der Waals surface area contributed by atoms with E-state index in [1.54, 1.807) is 37.3 Å². The third-order valence-corrected chi connectivity index (χ3v) is 5.20. The summed E-state index contributed by atoms with van der Waals surface area (Å²) < 4.78 is 22.9. The summed E-state index contributed by atoms with van der Waals surface area (Å²) >= 11 is 11.7. The lowest BCUT2D eigenvalue weighted by Crippen LogP contribution is -2.31. The molecule has 5 nitrogen and oxygen atoms in total. The normalized spacial score (nSPS) is 12.5. The summed E-state index contributed by atoms with van der Waals surface area (Å²) in [5.41, 5.74) is 1.30.